The highest BCUT2D eigenvalue weighted by Crippen LogP contribution is 2.29. The summed E-state index contributed by atoms with van der Waals surface area (Å²) >= 11 is 0. The quantitative estimate of drug-likeness (QED) is 0.829. The second-order valence-corrected chi connectivity index (χ2v) is 3.37. The minimum absolute atomic E-state index is 0.400. The topological polar surface area (TPSA) is 85.3 Å². The smallest absolute Gasteiger partial charge is 0.258 e. The van der Waals surface area contributed by atoms with Crippen LogP contribution in [-0.4, -0.2) is 18.6 Å². The fourth-order valence-corrected chi connectivity index (χ4v) is 1.19. The lowest BCUT2D eigenvalue weighted by Crippen LogP contribution is -2.30. The van der Waals surface area contributed by atoms with Crippen LogP contribution in [0, 0.1) is 11.3 Å². The van der Waals surface area contributed by atoms with Gasteiger partial charge in [-0.3, -0.25) is 4.79 Å². The average Bonchev–Trinajstić information content (AvgIpc) is 2.31. The summed E-state index contributed by atoms with van der Waals surface area (Å²) in [5.74, 6) is 0.272. The predicted molar refractivity (Wildman–Crippen MR) is 61.6 cm³/mol. The van der Waals surface area contributed by atoms with Crippen molar-refractivity contribution in [2.75, 3.05) is 6.61 Å². The van der Waals surface area contributed by atoms with Crippen molar-refractivity contribution >= 4 is 5.91 Å². The maximum absolute atomic E-state index is 10.9. The third-order valence-corrected chi connectivity index (χ3v) is 2.08. The fraction of sp³-hybridized carbons (Fsp3) is 0.333. The van der Waals surface area contributed by atoms with E-state index in [1.54, 1.807) is 25.1 Å². The SMILES string of the molecule is CCOc1cc(C#N)ccc1O[C@H](C)C(N)=O. The number of ether oxygens (including phenoxy) is 2. The molecule has 0 aliphatic rings. The van der Waals surface area contributed by atoms with Crippen molar-refractivity contribution < 1.29 is 14.3 Å². The number of rotatable bonds is 5. The number of hydrogen-bond acceptors (Lipinski definition) is 4. The van der Waals surface area contributed by atoms with Crippen molar-refractivity contribution in [2.24, 2.45) is 5.73 Å². The van der Waals surface area contributed by atoms with E-state index in [-0.39, 0.29) is 0 Å². The lowest BCUT2D eigenvalue weighted by atomic mass is 10.2. The van der Waals surface area contributed by atoms with Crippen molar-refractivity contribution in [3.05, 3.63) is 23.8 Å². The van der Waals surface area contributed by atoms with Crippen LogP contribution in [-0.2, 0) is 4.79 Å². The molecule has 1 amide bonds. The Morgan fingerprint density at radius 2 is 2.24 bits per heavy atom. The Balaban J connectivity index is 2.98. The molecule has 0 saturated carbocycles. The van der Waals surface area contributed by atoms with Crippen LogP contribution in [0.3, 0.4) is 0 Å². The number of carbonyl (C=O) groups excluding carboxylic acids is 1. The molecule has 0 aliphatic carbocycles. The van der Waals surface area contributed by atoms with Crippen LogP contribution in [0.2, 0.25) is 0 Å². The number of hydrogen-bond donors (Lipinski definition) is 1. The van der Waals surface area contributed by atoms with Gasteiger partial charge < -0.3 is 15.2 Å². The van der Waals surface area contributed by atoms with Gasteiger partial charge in [-0.05, 0) is 26.0 Å². The number of primary amides is 1. The first-order valence-corrected chi connectivity index (χ1v) is 5.21. The van der Waals surface area contributed by atoms with E-state index < -0.39 is 12.0 Å². The van der Waals surface area contributed by atoms with Crippen molar-refractivity contribution in [1.29, 1.82) is 5.26 Å². The standard InChI is InChI=1S/C12H14N2O3/c1-3-16-11-6-9(7-13)4-5-10(11)17-8(2)12(14)15/h4-6,8H,3H2,1-2H3,(H2,14,15)/t8-/m1/s1. The molecule has 1 rings (SSSR count). The molecule has 0 unspecified atom stereocenters. The zero-order valence-corrected chi connectivity index (χ0v) is 9.77. The Bertz CT molecular complexity index is 452. The molecule has 90 valence electrons. The van der Waals surface area contributed by atoms with Crippen molar-refractivity contribution in [1.82, 2.24) is 0 Å². The number of benzene rings is 1. The largest absolute Gasteiger partial charge is 0.490 e. The number of nitriles is 1. The normalized spacial score (nSPS) is 11.4. The van der Waals surface area contributed by atoms with E-state index in [4.69, 9.17) is 20.5 Å². The van der Waals surface area contributed by atoms with E-state index in [9.17, 15) is 4.79 Å². The Morgan fingerprint density at radius 1 is 1.53 bits per heavy atom. The Labute approximate surface area is 99.7 Å². The third-order valence-electron chi connectivity index (χ3n) is 2.08. The van der Waals surface area contributed by atoms with Crippen LogP contribution in [0.1, 0.15) is 19.4 Å². The summed E-state index contributed by atoms with van der Waals surface area (Å²) < 4.78 is 10.7. The van der Waals surface area contributed by atoms with E-state index in [0.29, 0.717) is 23.7 Å². The fourth-order valence-electron chi connectivity index (χ4n) is 1.19. The van der Waals surface area contributed by atoms with Crippen LogP contribution in [0.25, 0.3) is 0 Å². The van der Waals surface area contributed by atoms with Crippen LogP contribution in [0.5, 0.6) is 11.5 Å². The molecular weight excluding hydrogens is 220 g/mol. The summed E-state index contributed by atoms with van der Waals surface area (Å²) in [6.45, 7) is 3.81. The van der Waals surface area contributed by atoms with Crippen molar-refractivity contribution in [3.8, 4) is 17.6 Å². The Kier molecular flexibility index (Phi) is 4.35. The molecular formula is C12H14N2O3. The predicted octanol–water partition coefficient (Wildman–Crippen LogP) is 1.21. The van der Waals surface area contributed by atoms with Crippen LogP contribution >= 0.6 is 0 Å². The molecule has 1 aromatic rings. The van der Waals surface area contributed by atoms with Crippen LogP contribution < -0.4 is 15.2 Å². The average molecular weight is 234 g/mol. The van der Waals surface area contributed by atoms with Crippen LogP contribution in [0.4, 0.5) is 0 Å². The monoisotopic (exact) mass is 234 g/mol. The zero-order valence-electron chi connectivity index (χ0n) is 9.77. The van der Waals surface area contributed by atoms with Gasteiger partial charge in [-0.25, -0.2) is 0 Å². The molecule has 1 aromatic carbocycles. The van der Waals surface area contributed by atoms with Gasteiger partial charge in [-0.2, -0.15) is 5.26 Å². The highest BCUT2D eigenvalue weighted by molar-refractivity contribution is 5.78. The first kappa shape index (κ1) is 12.8. The van der Waals surface area contributed by atoms with Gasteiger partial charge in [0.05, 0.1) is 18.2 Å². The summed E-state index contributed by atoms with van der Waals surface area (Å²) in [7, 11) is 0. The minimum atomic E-state index is -0.748. The number of nitrogens with two attached hydrogens (primary N) is 1. The zero-order chi connectivity index (χ0) is 12.8. The van der Waals surface area contributed by atoms with Gasteiger partial charge in [0.1, 0.15) is 0 Å². The van der Waals surface area contributed by atoms with Gasteiger partial charge in [0.15, 0.2) is 17.6 Å². The highest BCUT2D eigenvalue weighted by Gasteiger charge is 2.14. The molecule has 5 heteroatoms. The third kappa shape index (κ3) is 3.38. The Morgan fingerprint density at radius 3 is 2.76 bits per heavy atom. The summed E-state index contributed by atoms with van der Waals surface area (Å²) in [6, 6.07) is 6.74. The molecule has 0 bridgehead atoms. The molecule has 0 heterocycles. The number of amides is 1. The van der Waals surface area contributed by atoms with Gasteiger partial charge in [0, 0.05) is 6.07 Å². The maximum Gasteiger partial charge on any atom is 0.258 e. The molecule has 0 saturated heterocycles. The minimum Gasteiger partial charge on any atom is -0.490 e. The first-order chi connectivity index (χ1) is 8.08. The molecule has 0 spiro atoms. The van der Waals surface area contributed by atoms with Gasteiger partial charge in [0.2, 0.25) is 0 Å². The molecule has 0 aromatic heterocycles. The second kappa shape index (κ2) is 5.75. The first-order valence-electron chi connectivity index (χ1n) is 5.21. The van der Waals surface area contributed by atoms with E-state index in [0.717, 1.165) is 0 Å². The van der Waals surface area contributed by atoms with Crippen molar-refractivity contribution in [3.63, 3.8) is 0 Å². The van der Waals surface area contributed by atoms with Gasteiger partial charge in [-0.1, -0.05) is 0 Å². The number of nitrogens with zero attached hydrogens (tertiary/aromatic N) is 1. The molecule has 17 heavy (non-hydrogen) atoms. The Hall–Kier alpha value is -2.22. The lowest BCUT2D eigenvalue weighted by molar-refractivity contribution is -0.124. The lowest BCUT2D eigenvalue weighted by Gasteiger charge is -2.15. The van der Waals surface area contributed by atoms with E-state index in [2.05, 4.69) is 0 Å². The summed E-state index contributed by atoms with van der Waals surface area (Å²) in [5, 5.41) is 8.77. The van der Waals surface area contributed by atoms with Gasteiger partial charge in [-0.15, -0.1) is 0 Å². The summed E-state index contributed by atoms with van der Waals surface area (Å²) in [6.07, 6.45) is -0.748. The van der Waals surface area contributed by atoms with Crippen LogP contribution in [0.15, 0.2) is 18.2 Å². The van der Waals surface area contributed by atoms with Gasteiger partial charge >= 0.3 is 0 Å². The molecule has 5 nitrogen and oxygen atoms in total. The van der Waals surface area contributed by atoms with Gasteiger partial charge in [0.25, 0.3) is 5.91 Å². The molecule has 0 aliphatic heterocycles. The van der Waals surface area contributed by atoms with Crippen molar-refractivity contribution in [2.45, 2.75) is 20.0 Å². The number of carbonyl (C=O) groups is 1. The summed E-state index contributed by atoms with van der Waals surface area (Å²) in [4.78, 5) is 10.9. The molecule has 0 radical (unpaired) electrons. The molecule has 0 fully saturated rings. The highest BCUT2D eigenvalue weighted by atomic mass is 16.5. The van der Waals surface area contributed by atoms with E-state index >= 15 is 0 Å². The second-order valence-electron chi connectivity index (χ2n) is 3.37. The van der Waals surface area contributed by atoms with E-state index in [1.807, 2.05) is 13.0 Å². The van der Waals surface area contributed by atoms with E-state index in [1.165, 1.54) is 0 Å². The molecule has 1 atom stereocenters. The summed E-state index contributed by atoms with van der Waals surface area (Å²) in [5.41, 5.74) is 5.57. The maximum atomic E-state index is 10.9. The molecule has 2 N–H and O–H groups in total.